The van der Waals surface area contributed by atoms with Crippen LogP contribution in [0, 0.1) is 5.82 Å². The highest BCUT2D eigenvalue weighted by Gasteiger charge is 2.16. The van der Waals surface area contributed by atoms with Gasteiger partial charge in [-0.25, -0.2) is 4.39 Å². The molecule has 1 atom stereocenters. The number of rotatable bonds is 4. The molecule has 1 fully saturated rings. The van der Waals surface area contributed by atoms with Crippen molar-refractivity contribution in [2.24, 2.45) is 0 Å². The van der Waals surface area contributed by atoms with Gasteiger partial charge in [0.25, 0.3) is 0 Å². The molecule has 17 heavy (non-hydrogen) atoms. The monoisotopic (exact) mass is 235 g/mol. The molecule has 0 amide bonds. The molecule has 1 aliphatic heterocycles. The standard InChI is InChI=1S/C14H18FNO/c15-13-7-2-1-6-12(13)14(17)9-8-11-5-3-4-10-16-11/h1-2,6-7,11,16H,3-5,8-10H2. The highest BCUT2D eigenvalue weighted by atomic mass is 19.1. The van der Waals surface area contributed by atoms with E-state index < -0.39 is 5.82 Å². The van der Waals surface area contributed by atoms with Crippen LogP contribution in [0.25, 0.3) is 0 Å². The molecule has 1 aromatic rings. The second-order valence-electron chi connectivity index (χ2n) is 4.59. The van der Waals surface area contributed by atoms with Gasteiger partial charge in [0.15, 0.2) is 5.78 Å². The lowest BCUT2D eigenvalue weighted by Crippen LogP contribution is -2.34. The van der Waals surface area contributed by atoms with Crippen molar-refractivity contribution in [3.63, 3.8) is 0 Å². The summed E-state index contributed by atoms with van der Waals surface area (Å²) in [6, 6.07) is 6.64. The zero-order chi connectivity index (χ0) is 12.1. The van der Waals surface area contributed by atoms with Crippen LogP contribution in [0.15, 0.2) is 24.3 Å². The molecular weight excluding hydrogens is 217 g/mol. The Bertz CT molecular complexity index is 386. The lowest BCUT2D eigenvalue weighted by Gasteiger charge is -2.22. The van der Waals surface area contributed by atoms with Crippen LogP contribution in [0.4, 0.5) is 4.39 Å². The maximum atomic E-state index is 13.4. The van der Waals surface area contributed by atoms with Crippen LogP contribution < -0.4 is 5.32 Å². The van der Waals surface area contributed by atoms with E-state index in [4.69, 9.17) is 0 Å². The van der Waals surface area contributed by atoms with E-state index in [-0.39, 0.29) is 11.3 Å². The maximum Gasteiger partial charge on any atom is 0.165 e. The Morgan fingerprint density at radius 2 is 2.18 bits per heavy atom. The Balaban J connectivity index is 1.87. The van der Waals surface area contributed by atoms with Gasteiger partial charge in [0.05, 0.1) is 5.56 Å². The Labute approximate surface area is 101 Å². The van der Waals surface area contributed by atoms with E-state index >= 15 is 0 Å². The average molecular weight is 235 g/mol. The molecule has 0 bridgehead atoms. The van der Waals surface area contributed by atoms with Crippen molar-refractivity contribution < 1.29 is 9.18 Å². The predicted molar refractivity (Wildman–Crippen MR) is 65.6 cm³/mol. The minimum absolute atomic E-state index is 0.0875. The van der Waals surface area contributed by atoms with E-state index in [0.29, 0.717) is 12.5 Å². The number of carbonyl (C=O) groups is 1. The number of ketones is 1. The van der Waals surface area contributed by atoms with Crippen LogP contribution in [0.5, 0.6) is 0 Å². The lowest BCUT2D eigenvalue weighted by molar-refractivity contribution is 0.0970. The Kier molecular flexibility index (Phi) is 4.26. The van der Waals surface area contributed by atoms with Crippen LogP contribution in [0.2, 0.25) is 0 Å². The normalized spacial score (nSPS) is 20.2. The largest absolute Gasteiger partial charge is 0.314 e. The molecule has 0 spiro atoms. The summed E-state index contributed by atoms with van der Waals surface area (Å²) in [4.78, 5) is 11.8. The highest BCUT2D eigenvalue weighted by molar-refractivity contribution is 5.96. The second-order valence-corrected chi connectivity index (χ2v) is 4.59. The molecule has 2 nitrogen and oxygen atoms in total. The van der Waals surface area contributed by atoms with Crippen molar-refractivity contribution in [3.8, 4) is 0 Å². The molecule has 3 heteroatoms. The topological polar surface area (TPSA) is 29.1 Å². The van der Waals surface area contributed by atoms with Gasteiger partial charge in [-0.15, -0.1) is 0 Å². The number of benzene rings is 1. The molecular formula is C14H18FNO. The maximum absolute atomic E-state index is 13.4. The van der Waals surface area contributed by atoms with Gasteiger partial charge < -0.3 is 5.32 Å². The van der Waals surface area contributed by atoms with Crippen molar-refractivity contribution in [1.82, 2.24) is 5.32 Å². The fourth-order valence-electron chi connectivity index (χ4n) is 2.30. The first-order valence-electron chi connectivity index (χ1n) is 6.28. The number of piperidine rings is 1. The zero-order valence-corrected chi connectivity index (χ0v) is 9.92. The molecule has 92 valence electrons. The van der Waals surface area contributed by atoms with Crippen LogP contribution >= 0.6 is 0 Å². The average Bonchev–Trinajstić information content (AvgIpc) is 2.38. The third-order valence-electron chi connectivity index (χ3n) is 3.31. The molecule has 0 aromatic heterocycles. The molecule has 1 N–H and O–H groups in total. The van der Waals surface area contributed by atoms with Crippen LogP contribution in [-0.2, 0) is 0 Å². The molecule has 1 saturated heterocycles. The van der Waals surface area contributed by atoms with E-state index in [2.05, 4.69) is 5.32 Å². The van der Waals surface area contributed by atoms with Crippen LogP contribution in [-0.4, -0.2) is 18.4 Å². The summed E-state index contributed by atoms with van der Waals surface area (Å²) in [6.07, 6.45) is 4.82. The van der Waals surface area contributed by atoms with Crippen LogP contribution in [0.1, 0.15) is 42.5 Å². The van der Waals surface area contributed by atoms with E-state index in [1.54, 1.807) is 18.2 Å². The third kappa shape index (κ3) is 3.37. The SMILES string of the molecule is O=C(CCC1CCCCN1)c1ccccc1F. The molecule has 0 saturated carbocycles. The lowest BCUT2D eigenvalue weighted by atomic mass is 9.97. The van der Waals surface area contributed by atoms with E-state index in [1.165, 1.54) is 18.9 Å². The summed E-state index contributed by atoms with van der Waals surface area (Å²) in [6.45, 7) is 1.04. The predicted octanol–water partition coefficient (Wildman–Crippen LogP) is 2.93. The summed E-state index contributed by atoms with van der Waals surface area (Å²) in [5.74, 6) is -0.496. The van der Waals surface area contributed by atoms with E-state index in [1.807, 2.05) is 0 Å². The van der Waals surface area contributed by atoms with E-state index in [0.717, 1.165) is 19.4 Å². The van der Waals surface area contributed by atoms with Crippen molar-refractivity contribution in [3.05, 3.63) is 35.6 Å². The molecule has 1 unspecified atom stereocenters. The smallest absolute Gasteiger partial charge is 0.165 e. The number of nitrogens with one attached hydrogen (secondary N) is 1. The number of carbonyl (C=O) groups excluding carboxylic acids is 1. The first kappa shape index (κ1) is 12.2. The Morgan fingerprint density at radius 3 is 2.88 bits per heavy atom. The number of hydrogen-bond acceptors (Lipinski definition) is 2. The number of Topliss-reactive ketones (excluding diaryl/α,β-unsaturated/α-hetero) is 1. The summed E-state index contributed by atoms with van der Waals surface area (Å²) in [5, 5.41) is 3.39. The third-order valence-corrected chi connectivity index (χ3v) is 3.31. The zero-order valence-electron chi connectivity index (χ0n) is 9.92. The summed E-state index contributed by atoms with van der Waals surface area (Å²) in [5.41, 5.74) is 0.225. The van der Waals surface area contributed by atoms with Gasteiger partial charge in [0.1, 0.15) is 5.82 Å². The van der Waals surface area contributed by atoms with Crippen molar-refractivity contribution in [1.29, 1.82) is 0 Å². The summed E-state index contributed by atoms with van der Waals surface area (Å²) >= 11 is 0. The molecule has 0 aliphatic carbocycles. The van der Waals surface area contributed by atoms with Gasteiger partial charge in [-0.05, 0) is 37.9 Å². The van der Waals surface area contributed by atoms with E-state index in [9.17, 15) is 9.18 Å². The Morgan fingerprint density at radius 1 is 1.35 bits per heavy atom. The highest BCUT2D eigenvalue weighted by Crippen LogP contribution is 2.15. The molecule has 1 aromatic carbocycles. The molecule has 2 rings (SSSR count). The fraction of sp³-hybridized carbons (Fsp3) is 0.500. The van der Waals surface area contributed by atoms with Gasteiger partial charge in [-0.1, -0.05) is 18.6 Å². The first-order chi connectivity index (χ1) is 8.27. The minimum Gasteiger partial charge on any atom is -0.314 e. The van der Waals surface area contributed by atoms with Crippen molar-refractivity contribution in [2.75, 3.05) is 6.54 Å². The minimum atomic E-state index is -0.408. The summed E-state index contributed by atoms with van der Waals surface area (Å²) < 4.78 is 13.4. The van der Waals surface area contributed by atoms with Crippen molar-refractivity contribution >= 4 is 5.78 Å². The van der Waals surface area contributed by atoms with Crippen LogP contribution in [0.3, 0.4) is 0 Å². The molecule has 1 heterocycles. The van der Waals surface area contributed by atoms with Gasteiger partial charge in [-0.3, -0.25) is 4.79 Å². The van der Waals surface area contributed by atoms with Gasteiger partial charge in [-0.2, -0.15) is 0 Å². The fourth-order valence-corrected chi connectivity index (χ4v) is 2.30. The van der Waals surface area contributed by atoms with Gasteiger partial charge in [0.2, 0.25) is 0 Å². The van der Waals surface area contributed by atoms with Crippen molar-refractivity contribution in [2.45, 2.75) is 38.1 Å². The number of halogens is 1. The molecule has 0 radical (unpaired) electrons. The molecule has 1 aliphatic rings. The Hall–Kier alpha value is -1.22. The summed E-state index contributed by atoms with van der Waals surface area (Å²) in [7, 11) is 0. The second kappa shape index (κ2) is 5.92. The quantitative estimate of drug-likeness (QED) is 0.813. The van der Waals surface area contributed by atoms with Gasteiger partial charge in [0, 0.05) is 12.5 Å². The number of hydrogen-bond donors (Lipinski definition) is 1. The first-order valence-corrected chi connectivity index (χ1v) is 6.28. The van der Waals surface area contributed by atoms with Gasteiger partial charge >= 0.3 is 0 Å².